The van der Waals surface area contributed by atoms with E-state index in [4.69, 9.17) is 11.6 Å². The lowest BCUT2D eigenvalue weighted by Gasteiger charge is -2.03. The minimum absolute atomic E-state index is 0.724. The Bertz CT molecular complexity index is 895. The van der Waals surface area contributed by atoms with Gasteiger partial charge in [0.2, 0.25) is 0 Å². The summed E-state index contributed by atoms with van der Waals surface area (Å²) in [5.41, 5.74) is 3.97. The van der Waals surface area contributed by atoms with Crippen LogP contribution >= 0.6 is 22.9 Å². The number of nitrogens with zero attached hydrogens (tertiary/aromatic N) is 3. The molecule has 0 N–H and O–H groups in total. The van der Waals surface area contributed by atoms with Crippen LogP contribution in [0.3, 0.4) is 0 Å². The van der Waals surface area contributed by atoms with E-state index in [-0.39, 0.29) is 0 Å². The summed E-state index contributed by atoms with van der Waals surface area (Å²) in [6, 6.07) is 13.8. The minimum atomic E-state index is 0.724. The maximum absolute atomic E-state index is 5.95. The Balaban J connectivity index is 1.93. The summed E-state index contributed by atoms with van der Waals surface area (Å²) in [5, 5.41) is 7.29. The molecule has 0 unspecified atom stereocenters. The molecular formula is C16H10ClN3S. The molecule has 0 aliphatic carbocycles. The summed E-state index contributed by atoms with van der Waals surface area (Å²) < 4.78 is 1.88. The zero-order valence-corrected chi connectivity index (χ0v) is 12.5. The van der Waals surface area contributed by atoms with Gasteiger partial charge in [0.05, 0.1) is 16.8 Å². The Morgan fingerprint density at radius 3 is 2.67 bits per heavy atom. The Kier molecular flexibility index (Phi) is 2.98. The van der Waals surface area contributed by atoms with Gasteiger partial charge in [0, 0.05) is 16.8 Å². The normalized spacial score (nSPS) is 11.1. The maximum atomic E-state index is 5.95. The van der Waals surface area contributed by atoms with Gasteiger partial charge in [-0.3, -0.25) is 0 Å². The average Bonchev–Trinajstić information content (AvgIpc) is 3.17. The molecule has 0 aliphatic rings. The second kappa shape index (κ2) is 4.98. The van der Waals surface area contributed by atoms with Gasteiger partial charge >= 0.3 is 0 Å². The first-order valence-corrected chi connectivity index (χ1v) is 7.71. The van der Waals surface area contributed by atoms with E-state index in [0.717, 1.165) is 27.5 Å². The van der Waals surface area contributed by atoms with E-state index < -0.39 is 0 Å². The van der Waals surface area contributed by atoms with Crippen LogP contribution in [-0.2, 0) is 0 Å². The van der Waals surface area contributed by atoms with Gasteiger partial charge in [-0.2, -0.15) is 5.10 Å². The summed E-state index contributed by atoms with van der Waals surface area (Å²) in [7, 11) is 0. The number of benzene rings is 1. The molecule has 1 aromatic carbocycles. The van der Waals surface area contributed by atoms with Crippen molar-refractivity contribution in [2.45, 2.75) is 0 Å². The second-order valence-electron chi connectivity index (χ2n) is 4.61. The number of aromatic nitrogens is 3. The van der Waals surface area contributed by atoms with Crippen LogP contribution in [0.25, 0.3) is 27.3 Å². The first kappa shape index (κ1) is 12.6. The molecule has 0 radical (unpaired) electrons. The third-order valence-electron chi connectivity index (χ3n) is 3.33. The standard InChI is InChI=1S/C16H10ClN3S/c17-12-5-3-11(4-6-12)13-10-19-20-14(7-8-18-16(13)20)15-2-1-9-21-15/h1-10H. The number of halogens is 1. The molecule has 0 saturated heterocycles. The fourth-order valence-electron chi connectivity index (χ4n) is 2.34. The molecule has 102 valence electrons. The van der Waals surface area contributed by atoms with Crippen molar-refractivity contribution in [1.29, 1.82) is 0 Å². The number of hydrogen-bond acceptors (Lipinski definition) is 3. The molecule has 0 fully saturated rings. The highest BCUT2D eigenvalue weighted by Crippen LogP contribution is 2.29. The number of fused-ring (bicyclic) bond motifs is 1. The van der Waals surface area contributed by atoms with Crippen LogP contribution in [0.1, 0.15) is 0 Å². The van der Waals surface area contributed by atoms with Crippen molar-refractivity contribution in [3.8, 4) is 21.7 Å². The highest BCUT2D eigenvalue weighted by molar-refractivity contribution is 7.13. The minimum Gasteiger partial charge on any atom is -0.236 e. The topological polar surface area (TPSA) is 30.2 Å². The molecule has 4 aromatic rings. The fourth-order valence-corrected chi connectivity index (χ4v) is 3.20. The smallest absolute Gasteiger partial charge is 0.163 e. The summed E-state index contributed by atoms with van der Waals surface area (Å²) >= 11 is 7.64. The van der Waals surface area contributed by atoms with Crippen molar-refractivity contribution in [1.82, 2.24) is 14.6 Å². The quantitative estimate of drug-likeness (QED) is 0.533. The maximum Gasteiger partial charge on any atom is 0.163 e. The molecule has 0 bridgehead atoms. The third-order valence-corrected chi connectivity index (χ3v) is 4.47. The molecule has 21 heavy (non-hydrogen) atoms. The predicted octanol–water partition coefficient (Wildman–Crippen LogP) is 4.78. The lowest BCUT2D eigenvalue weighted by molar-refractivity contribution is 0.950. The van der Waals surface area contributed by atoms with Gasteiger partial charge < -0.3 is 0 Å². The zero-order valence-electron chi connectivity index (χ0n) is 10.9. The van der Waals surface area contributed by atoms with Crippen molar-refractivity contribution in [2.75, 3.05) is 0 Å². The number of thiophene rings is 1. The molecule has 0 atom stereocenters. The van der Waals surface area contributed by atoms with Crippen LogP contribution in [0.5, 0.6) is 0 Å². The van der Waals surface area contributed by atoms with E-state index in [9.17, 15) is 0 Å². The van der Waals surface area contributed by atoms with E-state index >= 15 is 0 Å². The Morgan fingerprint density at radius 2 is 1.90 bits per heavy atom. The molecule has 5 heteroatoms. The highest BCUT2D eigenvalue weighted by Gasteiger charge is 2.12. The molecule has 3 heterocycles. The number of hydrogen-bond donors (Lipinski definition) is 0. The van der Waals surface area contributed by atoms with E-state index in [0.29, 0.717) is 0 Å². The summed E-state index contributed by atoms with van der Waals surface area (Å²) in [5.74, 6) is 0. The zero-order chi connectivity index (χ0) is 14.2. The molecule has 0 saturated carbocycles. The van der Waals surface area contributed by atoms with Crippen LogP contribution in [-0.4, -0.2) is 14.6 Å². The van der Waals surface area contributed by atoms with Crippen LogP contribution in [0.15, 0.2) is 60.2 Å². The van der Waals surface area contributed by atoms with Gasteiger partial charge in [-0.25, -0.2) is 9.50 Å². The third kappa shape index (κ3) is 2.13. The van der Waals surface area contributed by atoms with E-state index in [1.807, 2.05) is 53.3 Å². The Labute approximate surface area is 130 Å². The van der Waals surface area contributed by atoms with Gasteiger partial charge in [-0.1, -0.05) is 29.8 Å². The van der Waals surface area contributed by atoms with Crippen molar-refractivity contribution in [2.24, 2.45) is 0 Å². The van der Waals surface area contributed by atoms with Gasteiger partial charge in [0.15, 0.2) is 5.65 Å². The van der Waals surface area contributed by atoms with Crippen molar-refractivity contribution >= 4 is 28.6 Å². The molecule has 0 amide bonds. The van der Waals surface area contributed by atoms with Gasteiger partial charge in [-0.05, 0) is 35.2 Å². The molecular weight excluding hydrogens is 302 g/mol. The monoisotopic (exact) mass is 311 g/mol. The summed E-state index contributed by atoms with van der Waals surface area (Å²) in [6.45, 7) is 0. The van der Waals surface area contributed by atoms with Crippen LogP contribution in [0.2, 0.25) is 5.02 Å². The largest absolute Gasteiger partial charge is 0.236 e. The second-order valence-corrected chi connectivity index (χ2v) is 5.99. The summed E-state index contributed by atoms with van der Waals surface area (Å²) in [4.78, 5) is 5.66. The molecule has 3 aromatic heterocycles. The SMILES string of the molecule is Clc1ccc(-c2cnn3c(-c4cccs4)ccnc23)cc1. The molecule has 3 nitrogen and oxygen atoms in total. The van der Waals surface area contributed by atoms with E-state index in [1.165, 1.54) is 4.88 Å². The summed E-state index contributed by atoms with van der Waals surface area (Å²) in [6.07, 6.45) is 3.67. The first-order chi connectivity index (χ1) is 10.3. The first-order valence-electron chi connectivity index (χ1n) is 6.45. The van der Waals surface area contributed by atoms with E-state index in [2.05, 4.69) is 21.5 Å². The van der Waals surface area contributed by atoms with E-state index in [1.54, 1.807) is 11.3 Å². The van der Waals surface area contributed by atoms with Crippen LogP contribution in [0.4, 0.5) is 0 Å². The van der Waals surface area contributed by atoms with Crippen molar-refractivity contribution < 1.29 is 0 Å². The van der Waals surface area contributed by atoms with Crippen molar-refractivity contribution in [3.63, 3.8) is 0 Å². The average molecular weight is 312 g/mol. The lowest BCUT2D eigenvalue weighted by Crippen LogP contribution is -1.94. The molecule has 0 aliphatic heterocycles. The lowest BCUT2D eigenvalue weighted by atomic mass is 10.1. The van der Waals surface area contributed by atoms with Crippen molar-refractivity contribution in [3.05, 3.63) is 65.3 Å². The number of rotatable bonds is 2. The van der Waals surface area contributed by atoms with Crippen LogP contribution in [0, 0.1) is 0 Å². The van der Waals surface area contributed by atoms with Crippen LogP contribution < -0.4 is 0 Å². The molecule has 4 rings (SSSR count). The van der Waals surface area contributed by atoms with Gasteiger partial charge in [-0.15, -0.1) is 11.3 Å². The fraction of sp³-hybridized carbons (Fsp3) is 0. The van der Waals surface area contributed by atoms with Gasteiger partial charge in [0.1, 0.15) is 0 Å². The Hall–Kier alpha value is -2.17. The van der Waals surface area contributed by atoms with Gasteiger partial charge in [0.25, 0.3) is 0 Å². The molecule has 0 spiro atoms. The predicted molar refractivity (Wildman–Crippen MR) is 86.7 cm³/mol. The highest BCUT2D eigenvalue weighted by atomic mass is 35.5. The Morgan fingerprint density at radius 1 is 1.05 bits per heavy atom.